The summed E-state index contributed by atoms with van der Waals surface area (Å²) in [6.45, 7) is 7.95. The molecule has 0 saturated carbocycles. The summed E-state index contributed by atoms with van der Waals surface area (Å²) in [5.41, 5.74) is -0.230. The Kier molecular flexibility index (Phi) is 26.9. The molecule has 4 aromatic rings. The fourth-order valence-electron chi connectivity index (χ4n) is 7.71. The number of benzene rings is 4. The summed E-state index contributed by atoms with van der Waals surface area (Å²) in [6.07, 6.45) is -11.3. The van der Waals surface area contributed by atoms with Crippen LogP contribution in [-0.4, -0.2) is 136 Å². The molecule has 29 heteroatoms. The molecule has 0 aliphatic heterocycles. The molecular weight excluding hydrogens is 1210 g/mol. The van der Waals surface area contributed by atoms with Crippen molar-refractivity contribution in [1.29, 1.82) is 0 Å². The van der Waals surface area contributed by atoms with Gasteiger partial charge in [-0.25, -0.2) is 19.2 Å². The van der Waals surface area contributed by atoms with Crippen molar-refractivity contribution in [2.75, 3.05) is 0 Å². The van der Waals surface area contributed by atoms with Crippen LogP contribution < -0.4 is 31.9 Å². The molecule has 25 nitrogen and oxygen atoms in total. The van der Waals surface area contributed by atoms with E-state index in [9.17, 15) is 67.7 Å². The van der Waals surface area contributed by atoms with Gasteiger partial charge in [-0.1, -0.05) is 147 Å². The lowest BCUT2D eigenvalue weighted by atomic mass is 9.93. The van der Waals surface area contributed by atoms with Crippen molar-refractivity contribution in [2.24, 2.45) is 11.8 Å². The first-order valence-electron chi connectivity index (χ1n) is 26.0. The normalized spacial score (nSPS) is 13.7. The number of carboxylic acids is 2. The van der Waals surface area contributed by atoms with E-state index in [2.05, 4.69) is 21.3 Å². The molecule has 0 heterocycles. The van der Waals surface area contributed by atoms with Gasteiger partial charge in [-0.15, -0.1) is 0 Å². The van der Waals surface area contributed by atoms with Gasteiger partial charge in [0.1, 0.15) is 49.5 Å². The first-order chi connectivity index (χ1) is 40.5. The van der Waals surface area contributed by atoms with E-state index < -0.39 is 181 Å². The van der Waals surface area contributed by atoms with Crippen molar-refractivity contribution in [1.82, 2.24) is 31.9 Å². The second-order valence-corrected chi connectivity index (χ2v) is 21.2. The number of Topliss-reactive ketones (excluding diaryl/α,β-unsaturated/α-hetero) is 3. The van der Waals surface area contributed by atoms with E-state index in [-0.39, 0.29) is 13.2 Å². The molecular formula is C57H60Cl4N6O19. The zero-order chi connectivity index (χ0) is 64.1. The molecule has 460 valence electrons. The molecule has 4 aromatic carbocycles. The molecule has 0 radical (unpaired) electrons. The summed E-state index contributed by atoms with van der Waals surface area (Å²) in [7, 11) is 0. The van der Waals surface area contributed by atoms with Crippen molar-refractivity contribution in [3.05, 3.63) is 139 Å². The Hall–Kier alpha value is -8.65. The maximum absolute atomic E-state index is 15.2. The van der Waals surface area contributed by atoms with E-state index in [0.29, 0.717) is 11.1 Å². The molecule has 0 spiro atoms. The van der Waals surface area contributed by atoms with Gasteiger partial charge in [0.15, 0.2) is 0 Å². The quantitative estimate of drug-likeness (QED) is 0.0179. The number of esters is 2. The standard InChI is InChI=1S/C57H60Cl4N6O19/c1-27(2)43(66-56(81)83-25-31-15-9-7-10-16-31)52(77)62-29(5)50(75)64-37(23-39(68)69)45(72)48(85-54(79)41-33(58)19-13-20-34(41)59)47(74)49(86-55(80)42-35(60)21-14-22-36(42)61)46(73)38(24-40(70)71)65-51(76)30(6)63-53(78)44(28(3)4)67-57(82)84-26-32-17-11-8-12-18-32/h7-22,27-30,37-38,43-44,48-49H,23-26H2,1-6H3,(H,62,77)(H,63,78)(H,64,75)(H,65,76)(H,66,81)(H,67,82)(H,68,69)(H,70,71)/t29-,30-,37-,38-,43-,44-,48?,49?/m0/s1. The monoisotopic (exact) mass is 1270 g/mol. The number of carbonyl (C=O) groups is 13. The Balaban J connectivity index is 1.74. The first kappa shape index (κ1) is 69.8. The van der Waals surface area contributed by atoms with Crippen LogP contribution in [0, 0.1) is 11.8 Å². The van der Waals surface area contributed by atoms with E-state index in [1.165, 1.54) is 39.8 Å². The average Bonchev–Trinajstić information content (AvgIpc) is 1.49. The molecule has 0 bridgehead atoms. The topological polar surface area (TPSA) is 371 Å². The van der Waals surface area contributed by atoms with Crippen LogP contribution in [-0.2, 0) is 75.3 Å². The average molecular weight is 1270 g/mol. The van der Waals surface area contributed by atoms with Gasteiger partial charge in [-0.2, -0.15) is 0 Å². The Bertz CT molecular complexity index is 2940. The Morgan fingerprint density at radius 2 is 0.721 bits per heavy atom. The van der Waals surface area contributed by atoms with Gasteiger partial charge < -0.3 is 61.1 Å². The number of rotatable bonds is 30. The van der Waals surface area contributed by atoms with E-state index in [0.717, 1.165) is 38.1 Å². The van der Waals surface area contributed by atoms with Crippen molar-refractivity contribution in [2.45, 2.75) is 116 Å². The number of hydrogen-bond acceptors (Lipinski definition) is 17. The minimum Gasteiger partial charge on any atom is -0.481 e. The Labute approximate surface area is 511 Å². The van der Waals surface area contributed by atoms with Gasteiger partial charge in [0.25, 0.3) is 0 Å². The maximum atomic E-state index is 15.2. The molecule has 0 saturated heterocycles. The molecule has 86 heavy (non-hydrogen) atoms. The fraction of sp³-hybridized carbons (Fsp3) is 0.351. The van der Waals surface area contributed by atoms with Crippen LogP contribution >= 0.6 is 46.4 Å². The number of alkyl carbamates (subject to hydrolysis) is 2. The molecule has 0 aromatic heterocycles. The number of amides is 6. The minimum atomic E-state index is -3.18. The number of aliphatic carboxylic acids is 2. The predicted octanol–water partition coefficient (Wildman–Crippen LogP) is 5.59. The van der Waals surface area contributed by atoms with Crippen LogP contribution in [0.3, 0.4) is 0 Å². The third kappa shape index (κ3) is 20.8. The summed E-state index contributed by atoms with van der Waals surface area (Å²) >= 11 is 25.1. The van der Waals surface area contributed by atoms with E-state index in [1.807, 2.05) is 10.6 Å². The highest BCUT2D eigenvalue weighted by Gasteiger charge is 2.48. The van der Waals surface area contributed by atoms with E-state index >= 15 is 4.79 Å². The molecule has 6 amide bonds. The highest BCUT2D eigenvalue weighted by atomic mass is 35.5. The van der Waals surface area contributed by atoms with Gasteiger partial charge in [-0.05, 0) is 61.1 Å². The third-order valence-electron chi connectivity index (χ3n) is 12.3. The number of carboxylic acid groups (broad SMARTS) is 2. The van der Waals surface area contributed by atoms with Gasteiger partial charge in [0.05, 0.1) is 44.1 Å². The molecule has 0 fully saturated rings. The summed E-state index contributed by atoms with van der Waals surface area (Å²) in [5, 5.41) is 31.8. The summed E-state index contributed by atoms with van der Waals surface area (Å²) in [4.78, 5) is 178. The van der Waals surface area contributed by atoms with Crippen LogP contribution in [0.1, 0.15) is 86.2 Å². The summed E-state index contributed by atoms with van der Waals surface area (Å²) < 4.78 is 21.2. The highest BCUT2D eigenvalue weighted by Crippen LogP contribution is 2.29. The number of ketones is 3. The number of nitrogens with one attached hydrogen (secondary N) is 6. The van der Waals surface area contributed by atoms with Crippen molar-refractivity contribution in [3.63, 3.8) is 0 Å². The third-order valence-corrected chi connectivity index (χ3v) is 13.5. The van der Waals surface area contributed by atoms with E-state index in [4.69, 9.17) is 65.4 Å². The lowest BCUT2D eigenvalue weighted by Gasteiger charge is -2.28. The molecule has 2 unspecified atom stereocenters. The van der Waals surface area contributed by atoms with Crippen LogP contribution in [0.5, 0.6) is 0 Å². The number of halogens is 4. The second-order valence-electron chi connectivity index (χ2n) is 19.6. The van der Waals surface area contributed by atoms with Crippen LogP contribution in [0.25, 0.3) is 0 Å². The SMILES string of the molecule is CC(C)[C@H](NC(=O)OCc1ccccc1)C(=O)N[C@@H](C)C(=O)N[C@@H](CC(=O)O)C(=O)C(OC(=O)c1c(Cl)cccc1Cl)C(=O)C(OC(=O)c1c(Cl)cccc1Cl)C(=O)[C@H](CC(=O)O)NC(=O)[C@H](C)NC(=O)[C@@H](NC(=O)OCc1ccccc1)C(C)C. The summed E-state index contributed by atoms with van der Waals surface area (Å²) in [6, 6.07) is 12.9. The smallest absolute Gasteiger partial charge is 0.408 e. The molecule has 8 atom stereocenters. The maximum Gasteiger partial charge on any atom is 0.408 e. The largest absolute Gasteiger partial charge is 0.481 e. The lowest BCUT2D eigenvalue weighted by Crippen LogP contribution is -2.60. The lowest BCUT2D eigenvalue weighted by molar-refractivity contribution is -0.154. The van der Waals surface area contributed by atoms with Gasteiger partial charge in [0, 0.05) is 0 Å². The molecule has 0 aliphatic rings. The Morgan fingerprint density at radius 1 is 0.407 bits per heavy atom. The van der Waals surface area contributed by atoms with E-state index in [1.54, 1.807) is 60.7 Å². The molecule has 4 rings (SSSR count). The van der Waals surface area contributed by atoms with Crippen LogP contribution in [0.4, 0.5) is 9.59 Å². The zero-order valence-electron chi connectivity index (χ0n) is 46.7. The first-order valence-corrected chi connectivity index (χ1v) is 27.5. The molecule has 8 N–H and O–H groups in total. The van der Waals surface area contributed by atoms with Crippen molar-refractivity contribution in [3.8, 4) is 0 Å². The highest BCUT2D eigenvalue weighted by molar-refractivity contribution is 6.40. The van der Waals surface area contributed by atoms with Gasteiger partial charge in [-0.3, -0.25) is 43.2 Å². The second kappa shape index (κ2) is 33.2. The van der Waals surface area contributed by atoms with Gasteiger partial charge >= 0.3 is 36.1 Å². The number of carbonyl (C=O) groups excluding carboxylic acids is 11. The zero-order valence-corrected chi connectivity index (χ0v) is 49.7. The Morgan fingerprint density at radius 3 is 1.01 bits per heavy atom. The number of hydrogen-bond donors (Lipinski definition) is 8. The van der Waals surface area contributed by atoms with Crippen LogP contribution in [0.15, 0.2) is 97.1 Å². The molecule has 0 aliphatic carbocycles. The van der Waals surface area contributed by atoms with Crippen molar-refractivity contribution < 1.29 is 91.5 Å². The van der Waals surface area contributed by atoms with Gasteiger partial charge in [0.2, 0.25) is 53.2 Å². The van der Waals surface area contributed by atoms with Crippen LogP contribution in [0.2, 0.25) is 20.1 Å². The number of ether oxygens (including phenoxy) is 4. The van der Waals surface area contributed by atoms with Crippen molar-refractivity contribution >= 4 is 123 Å². The fourth-order valence-corrected chi connectivity index (χ4v) is 8.82. The summed E-state index contributed by atoms with van der Waals surface area (Å²) in [5.74, 6) is -18.9. The minimum absolute atomic E-state index is 0.176. The predicted molar refractivity (Wildman–Crippen MR) is 307 cm³/mol.